The zero-order chi connectivity index (χ0) is 19.8. The molecule has 1 fully saturated rings. The third-order valence-corrected chi connectivity index (χ3v) is 5.73. The summed E-state index contributed by atoms with van der Waals surface area (Å²) < 4.78 is 30.7. The summed E-state index contributed by atoms with van der Waals surface area (Å²) in [5.41, 5.74) is 3.99. The van der Waals surface area contributed by atoms with Crippen LogP contribution >= 0.6 is 0 Å². The average Bonchev–Trinajstić information content (AvgIpc) is 3.10. The second kappa shape index (κ2) is 7.44. The molecule has 0 spiro atoms. The normalized spacial score (nSPS) is 20.0. The number of nitrogens with zero attached hydrogens (tertiary/aromatic N) is 2. The first-order valence-corrected chi connectivity index (χ1v) is 10.9. The Kier molecular flexibility index (Phi) is 5.39. The van der Waals surface area contributed by atoms with Gasteiger partial charge in [0.15, 0.2) is 9.84 Å². The topological polar surface area (TPSA) is 90.3 Å². The van der Waals surface area contributed by atoms with Crippen LogP contribution in [0.4, 0.5) is 0 Å². The predicted molar refractivity (Wildman–Crippen MR) is 102 cm³/mol. The van der Waals surface area contributed by atoms with E-state index >= 15 is 0 Å². The molecule has 7 nitrogen and oxygen atoms in total. The molecule has 2 heterocycles. The number of ether oxygens (including phenoxy) is 1. The highest BCUT2D eigenvalue weighted by Crippen LogP contribution is 2.33. The number of hydrogen-bond acceptors (Lipinski definition) is 5. The maximum absolute atomic E-state index is 12.7. The molecule has 1 aromatic heterocycles. The number of hydrogen-bond donors (Lipinski definition) is 1. The lowest BCUT2D eigenvalue weighted by atomic mass is 9.99. The van der Waals surface area contributed by atoms with Gasteiger partial charge in [-0.3, -0.25) is 9.48 Å². The van der Waals surface area contributed by atoms with Gasteiger partial charge >= 0.3 is 0 Å². The van der Waals surface area contributed by atoms with E-state index in [0.717, 1.165) is 17.0 Å². The summed E-state index contributed by atoms with van der Waals surface area (Å²) in [5.74, 6) is -0.317. The van der Waals surface area contributed by atoms with E-state index in [2.05, 4.69) is 10.4 Å². The Labute approximate surface area is 159 Å². The van der Waals surface area contributed by atoms with Crippen molar-refractivity contribution in [3.05, 3.63) is 52.3 Å². The molecule has 27 heavy (non-hydrogen) atoms. The van der Waals surface area contributed by atoms with Crippen LogP contribution in [0.5, 0.6) is 0 Å². The monoisotopic (exact) mass is 391 g/mol. The van der Waals surface area contributed by atoms with Gasteiger partial charge in [-0.15, -0.1) is 0 Å². The van der Waals surface area contributed by atoms with Gasteiger partial charge in [0.25, 0.3) is 5.91 Å². The van der Waals surface area contributed by atoms with Gasteiger partial charge in [-0.05, 0) is 38.0 Å². The third-order valence-electron chi connectivity index (χ3n) is 4.88. The molecular formula is C19H25N3O4S. The molecule has 0 saturated carbocycles. The smallest absolute Gasteiger partial charge is 0.251 e. The third kappa shape index (κ3) is 4.39. The van der Waals surface area contributed by atoms with Crippen LogP contribution in [0.3, 0.4) is 0 Å². The van der Waals surface area contributed by atoms with E-state index in [-0.39, 0.29) is 23.8 Å². The Bertz CT molecular complexity index is 965. The zero-order valence-corrected chi connectivity index (χ0v) is 16.8. The Morgan fingerprint density at radius 3 is 2.74 bits per heavy atom. The fraction of sp³-hybridized carbons (Fsp3) is 0.474. The van der Waals surface area contributed by atoms with Crippen molar-refractivity contribution >= 4 is 15.7 Å². The van der Waals surface area contributed by atoms with Gasteiger partial charge in [0.05, 0.1) is 17.5 Å². The molecule has 1 amide bonds. The van der Waals surface area contributed by atoms with Crippen LogP contribution in [0.15, 0.2) is 24.3 Å². The van der Waals surface area contributed by atoms with E-state index in [4.69, 9.17) is 4.74 Å². The SMILES string of the molecule is Cc1nn(C)c(C)c1[C@@H]1OCC[C@H]1NC(=O)c1cccc(CS(C)(=O)=O)c1. The van der Waals surface area contributed by atoms with E-state index in [1.165, 1.54) is 6.26 Å². The van der Waals surface area contributed by atoms with E-state index in [9.17, 15) is 13.2 Å². The van der Waals surface area contributed by atoms with Crippen LogP contribution in [0.2, 0.25) is 0 Å². The maximum Gasteiger partial charge on any atom is 0.251 e. The standard InChI is InChI=1S/C19H25N3O4S/c1-12-17(13(2)22(3)21-12)18-16(8-9-26-18)20-19(23)15-7-5-6-14(10-15)11-27(4,24)25/h5-7,10,16,18H,8-9,11H2,1-4H3,(H,20,23)/t16-,18-/m1/s1. The number of carbonyl (C=O) groups is 1. The van der Waals surface area contributed by atoms with Crippen molar-refractivity contribution in [1.82, 2.24) is 15.1 Å². The fourth-order valence-corrected chi connectivity index (χ4v) is 4.37. The number of nitrogens with one attached hydrogen (secondary N) is 1. The lowest BCUT2D eigenvalue weighted by Gasteiger charge is -2.21. The highest BCUT2D eigenvalue weighted by atomic mass is 32.2. The molecule has 146 valence electrons. The lowest BCUT2D eigenvalue weighted by Crippen LogP contribution is -2.37. The van der Waals surface area contributed by atoms with Crippen LogP contribution in [-0.2, 0) is 27.4 Å². The molecule has 0 aliphatic carbocycles. The molecular weight excluding hydrogens is 366 g/mol. The number of rotatable bonds is 5. The Morgan fingerprint density at radius 2 is 2.11 bits per heavy atom. The Hall–Kier alpha value is -2.19. The largest absolute Gasteiger partial charge is 0.371 e. The van der Waals surface area contributed by atoms with Crippen LogP contribution in [0.1, 0.15) is 45.4 Å². The highest BCUT2D eigenvalue weighted by molar-refractivity contribution is 7.89. The van der Waals surface area contributed by atoms with Crippen LogP contribution in [0, 0.1) is 13.8 Å². The molecule has 8 heteroatoms. The van der Waals surface area contributed by atoms with Crippen molar-refractivity contribution in [2.45, 2.75) is 38.2 Å². The van der Waals surface area contributed by atoms with Gasteiger partial charge in [-0.1, -0.05) is 12.1 Å². The first-order chi connectivity index (χ1) is 12.7. The highest BCUT2D eigenvalue weighted by Gasteiger charge is 2.34. The quantitative estimate of drug-likeness (QED) is 0.840. The Morgan fingerprint density at radius 1 is 1.37 bits per heavy atom. The van der Waals surface area contributed by atoms with Crippen molar-refractivity contribution in [1.29, 1.82) is 0 Å². The minimum atomic E-state index is -3.16. The lowest BCUT2D eigenvalue weighted by molar-refractivity contribution is 0.0817. The molecule has 0 radical (unpaired) electrons. The molecule has 1 N–H and O–H groups in total. The molecule has 1 saturated heterocycles. The van der Waals surface area contributed by atoms with Gasteiger partial charge in [-0.2, -0.15) is 5.10 Å². The zero-order valence-electron chi connectivity index (χ0n) is 16.0. The van der Waals surface area contributed by atoms with Gasteiger partial charge < -0.3 is 10.1 Å². The second-order valence-electron chi connectivity index (χ2n) is 7.14. The first-order valence-electron chi connectivity index (χ1n) is 8.85. The molecule has 1 aromatic carbocycles. The van der Waals surface area contributed by atoms with E-state index < -0.39 is 9.84 Å². The molecule has 2 atom stereocenters. The molecule has 0 unspecified atom stereocenters. The van der Waals surface area contributed by atoms with E-state index in [1.807, 2.05) is 25.6 Å². The summed E-state index contributed by atoms with van der Waals surface area (Å²) in [4.78, 5) is 12.7. The predicted octanol–water partition coefficient (Wildman–Crippen LogP) is 1.84. The summed E-state index contributed by atoms with van der Waals surface area (Å²) >= 11 is 0. The van der Waals surface area contributed by atoms with Crippen LogP contribution in [-0.4, -0.2) is 43.0 Å². The van der Waals surface area contributed by atoms with Crippen molar-refractivity contribution in [2.24, 2.45) is 7.05 Å². The minimum absolute atomic E-state index is 0.0860. The summed E-state index contributed by atoms with van der Waals surface area (Å²) in [7, 11) is -1.26. The summed E-state index contributed by atoms with van der Waals surface area (Å²) in [6.45, 7) is 4.50. The second-order valence-corrected chi connectivity index (χ2v) is 9.28. The van der Waals surface area contributed by atoms with E-state index in [1.54, 1.807) is 24.3 Å². The Balaban J connectivity index is 1.78. The van der Waals surface area contributed by atoms with Gasteiger partial charge in [0.2, 0.25) is 0 Å². The minimum Gasteiger partial charge on any atom is -0.371 e. The van der Waals surface area contributed by atoms with Gasteiger partial charge in [0.1, 0.15) is 6.10 Å². The molecule has 1 aliphatic heterocycles. The molecule has 0 bridgehead atoms. The molecule has 2 aromatic rings. The molecule has 3 rings (SSSR count). The fourth-order valence-electron chi connectivity index (χ4n) is 3.58. The van der Waals surface area contributed by atoms with Crippen LogP contribution in [0.25, 0.3) is 0 Å². The number of benzene rings is 1. The first kappa shape index (κ1) is 19.6. The molecule has 1 aliphatic rings. The summed E-state index contributed by atoms with van der Waals surface area (Å²) in [5, 5.41) is 7.49. The summed E-state index contributed by atoms with van der Waals surface area (Å²) in [6.07, 6.45) is 1.66. The number of sulfone groups is 1. The maximum atomic E-state index is 12.7. The van der Waals surface area contributed by atoms with Crippen molar-refractivity contribution in [3.63, 3.8) is 0 Å². The van der Waals surface area contributed by atoms with E-state index in [0.29, 0.717) is 24.2 Å². The van der Waals surface area contributed by atoms with Crippen molar-refractivity contribution in [3.8, 4) is 0 Å². The van der Waals surface area contributed by atoms with Gasteiger partial charge in [0, 0.05) is 36.7 Å². The summed E-state index contributed by atoms with van der Waals surface area (Å²) in [6, 6.07) is 6.57. The number of amides is 1. The number of aryl methyl sites for hydroxylation is 2. The van der Waals surface area contributed by atoms with Gasteiger partial charge in [-0.25, -0.2) is 8.42 Å². The number of carbonyl (C=O) groups excluding carboxylic acids is 1. The number of aromatic nitrogens is 2. The van der Waals surface area contributed by atoms with Crippen molar-refractivity contribution < 1.29 is 17.9 Å². The average molecular weight is 391 g/mol. The van der Waals surface area contributed by atoms with Crippen LogP contribution < -0.4 is 5.32 Å². The van der Waals surface area contributed by atoms with Crippen molar-refractivity contribution in [2.75, 3.05) is 12.9 Å².